The molecule has 1 aromatic carbocycles. The number of anilines is 1. The summed E-state index contributed by atoms with van der Waals surface area (Å²) < 4.78 is 33.0. The molecule has 6 heteroatoms. The van der Waals surface area contributed by atoms with Crippen LogP contribution in [-0.2, 0) is 11.3 Å². The molecule has 0 aliphatic carbocycles. The quantitative estimate of drug-likeness (QED) is 0.884. The second kappa shape index (κ2) is 6.47. The Morgan fingerprint density at radius 2 is 2.15 bits per heavy atom. The lowest BCUT2D eigenvalue weighted by Crippen LogP contribution is -2.14. The van der Waals surface area contributed by atoms with Crippen molar-refractivity contribution in [2.75, 3.05) is 19.0 Å². The molecule has 4 nitrogen and oxygen atoms in total. The molecule has 2 rings (SSSR count). The van der Waals surface area contributed by atoms with E-state index in [0.717, 1.165) is 6.07 Å². The molecule has 0 saturated carbocycles. The number of rotatable bonds is 6. The highest BCUT2D eigenvalue weighted by Crippen LogP contribution is 2.15. The van der Waals surface area contributed by atoms with Gasteiger partial charge in [-0.1, -0.05) is 6.07 Å². The third-order valence-corrected chi connectivity index (χ3v) is 2.99. The van der Waals surface area contributed by atoms with Crippen molar-refractivity contribution in [1.82, 2.24) is 9.55 Å². The average molecular weight is 281 g/mol. The molecule has 0 radical (unpaired) electrons. The summed E-state index contributed by atoms with van der Waals surface area (Å²) in [7, 11) is 1.64. The number of hydrogen-bond acceptors (Lipinski definition) is 3. The molecule has 1 unspecified atom stereocenters. The SMILES string of the molecule is COCC(C)n1ccnc1NCc1ccc(F)c(F)c1. The third kappa shape index (κ3) is 3.33. The van der Waals surface area contributed by atoms with Gasteiger partial charge in [0.15, 0.2) is 11.6 Å². The predicted molar refractivity (Wildman–Crippen MR) is 72.5 cm³/mol. The normalized spacial score (nSPS) is 12.4. The largest absolute Gasteiger partial charge is 0.383 e. The van der Waals surface area contributed by atoms with E-state index in [1.807, 2.05) is 17.7 Å². The topological polar surface area (TPSA) is 39.1 Å². The van der Waals surface area contributed by atoms with Gasteiger partial charge in [-0.3, -0.25) is 0 Å². The maximum absolute atomic E-state index is 13.1. The lowest BCUT2D eigenvalue weighted by molar-refractivity contribution is 0.163. The molecule has 0 spiro atoms. The van der Waals surface area contributed by atoms with Crippen molar-refractivity contribution in [1.29, 1.82) is 0 Å². The summed E-state index contributed by atoms with van der Waals surface area (Å²) in [5, 5.41) is 3.10. The van der Waals surface area contributed by atoms with E-state index in [1.165, 1.54) is 12.1 Å². The molecule has 108 valence electrons. The summed E-state index contributed by atoms with van der Waals surface area (Å²) in [6.45, 7) is 2.94. The van der Waals surface area contributed by atoms with Crippen LogP contribution in [0.25, 0.3) is 0 Å². The number of imidazole rings is 1. The fourth-order valence-electron chi connectivity index (χ4n) is 1.96. The maximum Gasteiger partial charge on any atom is 0.203 e. The van der Waals surface area contributed by atoms with Gasteiger partial charge in [0.1, 0.15) is 0 Å². The Morgan fingerprint density at radius 3 is 2.85 bits per heavy atom. The van der Waals surface area contributed by atoms with E-state index in [0.29, 0.717) is 24.7 Å². The molecular weight excluding hydrogens is 264 g/mol. The summed E-state index contributed by atoms with van der Waals surface area (Å²) in [6.07, 6.45) is 3.52. The minimum Gasteiger partial charge on any atom is -0.383 e. The summed E-state index contributed by atoms with van der Waals surface area (Å²) in [5.74, 6) is -1.02. The van der Waals surface area contributed by atoms with E-state index in [2.05, 4.69) is 10.3 Å². The fraction of sp³-hybridized carbons (Fsp3) is 0.357. The first-order valence-electron chi connectivity index (χ1n) is 6.31. The van der Waals surface area contributed by atoms with Crippen molar-refractivity contribution in [3.05, 3.63) is 47.8 Å². The van der Waals surface area contributed by atoms with Gasteiger partial charge < -0.3 is 14.6 Å². The standard InChI is InChI=1S/C14H17F2N3O/c1-10(9-20-2)19-6-5-17-14(19)18-8-11-3-4-12(15)13(16)7-11/h3-7,10H,8-9H2,1-2H3,(H,17,18). The first kappa shape index (κ1) is 14.5. The van der Waals surface area contributed by atoms with Crippen LogP contribution in [0.5, 0.6) is 0 Å². The Hall–Kier alpha value is -1.95. The molecule has 0 aliphatic rings. The molecule has 1 heterocycles. The van der Waals surface area contributed by atoms with E-state index in [9.17, 15) is 8.78 Å². The van der Waals surface area contributed by atoms with Crippen LogP contribution < -0.4 is 5.32 Å². The van der Waals surface area contributed by atoms with Crippen molar-refractivity contribution in [2.45, 2.75) is 19.5 Å². The van der Waals surface area contributed by atoms with Crippen molar-refractivity contribution >= 4 is 5.95 Å². The van der Waals surface area contributed by atoms with Crippen molar-refractivity contribution < 1.29 is 13.5 Å². The van der Waals surface area contributed by atoms with Gasteiger partial charge in [0.25, 0.3) is 0 Å². The number of aromatic nitrogens is 2. The molecule has 0 fully saturated rings. The van der Waals surface area contributed by atoms with Gasteiger partial charge in [0.05, 0.1) is 12.6 Å². The van der Waals surface area contributed by atoms with Gasteiger partial charge in [-0.2, -0.15) is 0 Å². The zero-order chi connectivity index (χ0) is 14.5. The zero-order valence-corrected chi connectivity index (χ0v) is 11.4. The second-order valence-electron chi connectivity index (χ2n) is 4.56. The lowest BCUT2D eigenvalue weighted by Gasteiger charge is -2.16. The van der Waals surface area contributed by atoms with E-state index in [4.69, 9.17) is 4.74 Å². The minimum absolute atomic E-state index is 0.134. The summed E-state index contributed by atoms with van der Waals surface area (Å²) in [4.78, 5) is 4.20. The van der Waals surface area contributed by atoms with Crippen molar-refractivity contribution in [3.63, 3.8) is 0 Å². The van der Waals surface area contributed by atoms with Gasteiger partial charge in [0, 0.05) is 26.0 Å². The summed E-state index contributed by atoms with van der Waals surface area (Å²) >= 11 is 0. The number of methoxy groups -OCH3 is 1. The molecular formula is C14H17F2N3O. The number of ether oxygens (including phenoxy) is 1. The Labute approximate surface area is 116 Å². The first-order chi connectivity index (χ1) is 9.61. The van der Waals surface area contributed by atoms with Crippen LogP contribution in [0.15, 0.2) is 30.6 Å². The zero-order valence-electron chi connectivity index (χ0n) is 11.4. The van der Waals surface area contributed by atoms with Crippen LogP contribution in [0.3, 0.4) is 0 Å². The number of nitrogens with zero attached hydrogens (tertiary/aromatic N) is 2. The smallest absolute Gasteiger partial charge is 0.203 e. The maximum atomic E-state index is 13.1. The third-order valence-electron chi connectivity index (χ3n) is 2.99. The lowest BCUT2D eigenvalue weighted by atomic mass is 10.2. The van der Waals surface area contributed by atoms with Crippen LogP contribution in [0, 0.1) is 11.6 Å². The first-order valence-corrected chi connectivity index (χ1v) is 6.31. The molecule has 0 bridgehead atoms. The predicted octanol–water partition coefficient (Wildman–Crippen LogP) is 2.98. The fourth-order valence-corrected chi connectivity index (χ4v) is 1.96. The Morgan fingerprint density at radius 1 is 1.35 bits per heavy atom. The summed E-state index contributed by atoms with van der Waals surface area (Å²) in [6, 6.07) is 3.97. The van der Waals surface area contributed by atoms with Gasteiger partial charge in [-0.25, -0.2) is 13.8 Å². The molecule has 2 aromatic rings. The van der Waals surface area contributed by atoms with Crippen LogP contribution in [0.4, 0.5) is 14.7 Å². The van der Waals surface area contributed by atoms with Gasteiger partial charge in [-0.15, -0.1) is 0 Å². The summed E-state index contributed by atoms with van der Waals surface area (Å²) in [5.41, 5.74) is 0.651. The van der Waals surface area contributed by atoms with Crippen LogP contribution in [0.2, 0.25) is 0 Å². The molecule has 0 amide bonds. The van der Waals surface area contributed by atoms with Gasteiger partial charge in [0.2, 0.25) is 5.95 Å². The molecule has 1 atom stereocenters. The van der Waals surface area contributed by atoms with E-state index < -0.39 is 11.6 Å². The van der Waals surface area contributed by atoms with Crippen LogP contribution in [-0.4, -0.2) is 23.3 Å². The highest BCUT2D eigenvalue weighted by atomic mass is 19.2. The number of hydrogen-bond donors (Lipinski definition) is 1. The van der Waals surface area contributed by atoms with Crippen molar-refractivity contribution in [2.24, 2.45) is 0 Å². The second-order valence-corrected chi connectivity index (χ2v) is 4.56. The Balaban J connectivity index is 2.04. The van der Waals surface area contributed by atoms with E-state index in [-0.39, 0.29) is 6.04 Å². The van der Waals surface area contributed by atoms with Crippen LogP contribution >= 0.6 is 0 Å². The van der Waals surface area contributed by atoms with Gasteiger partial charge >= 0.3 is 0 Å². The monoisotopic (exact) mass is 281 g/mol. The van der Waals surface area contributed by atoms with E-state index in [1.54, 1.807) is 13.3 Å². The number of halogens is 2. The van der Waals surface area contributed by atoms with E-state index >= 15 is 0 Å². The molecule has 0 saturated heterocycles. The Kier molecular flexibility index (Phi) is 4.68. The molecule has 1 N–H and O–H groups in total. The minimum atomic E-state index is -0.847. The highest BCUT2D eigenvalue weighted by molar-refractivity contribution is 5.30. The molecule has 20 heavy (non-hydrogen) atoms. The van der Waals surface area contributed by atoms with Crippen molar-refractivity contribution in [3.8, 4) is 0 Å². The van der Waals surface area contributed by atoms with Crippen LogP contribution in [0.1, 0.15) is 18.5 Å². The number of benzene rings is 1. The highest BCUT2D eigenvalue weighted by Gasteiger charge is 2.10. The molecule has 1 aromatic heterocycles. The van der Waals surface area contributed by atoms with Gasteiger partial charge in [-0.05, 0) is 24.6 Å². The Bertz CT molecular complexity index is 571. The number of nitrogens with one attached hydrogen (secondary N) is 1. The average Bonchev–Trinajstić information content (AvgIpc) is 2.89. The molecule has 0 aliphatic heterocycles.